The van der Waals surface area contributed by atoms with Gasteiger partial charge in [-0.2, -0.15) is 0 Å². The molecule has 1 amide bonds. The van der Waals surface area contributed by atoms with Gasteiger partial charge >= 0.3 is 0 Å². The van der Waals surface area contributed by atoms with E-state index in [4.69, 9.17) is 5.73 Å². The minimum Gasteiger partial charge on any atom is -0.368 e. The molecule has 104 valence electrons. The molecular weight excluding hydrogens is 316 g/mol. The van der Waals surface area contributed by atoms with Crippen molar-refractivity contribution >= 4 is 33.3 Å². The van der Waals surface area contributed by atoms with E-state index < -0.39 is 16.9 Å². The van der Waals surface area contributed by atoms with Crippen LogP contribution in [0.5, 0.6) is 0 Å². The standard InChI is InChI=1S/C11H15BrN4O3/c1-3-6(2)9(10(13)17)15-11-8(12)4-7(5-14-11)16(18)19/h4-6,9H,3H2,1-2H3,(H2,13,17)(H,14,15). The maximum absolute atomic E-state index is 11.4. The maximum Gasteiger partial charge on any atom is 0.288 e. The van der Waals surface area contributed by atoms with Gasteiger partial charge in [-0.1, -0.05) is 20.3 Å². The molecule has 0 aromatic carbocycles. The summed E-state index contributed by atoms with van der Waals surface area (Å²) in [6.45, 7) is 3.84. The van der Waals surface area contributed by atoms with Crippen LogP contribution in [0.4, 0.5) is 11.5 Å². The number of nitro groups is 1. The predicted octanol–water partition coefficient (Wildman–Crippen LogP) is 2.06. The van der Waals surface area contributed by atoms with E-state index in [0.717, 1.165) is 12.6 Å². The van der Waals surface area contributed by atoms with E-state index in [1.54, 1.807) is 0 Å². The summed E-state index contributed by atoms with van der Waals surface area (Å²) in [5.41, 5.74) is 5.21. The number of halogens is 1. The first-order chi connectivity index (χ1) is 8.86. The van der Waals surface area contributed by atoms with E-state index in [2.05, 4.69) is 26.2 Å². The van der Waals surface area contributed by atoms with Crippen LogP contribution >= 0.6 is 15.9 Å². The largest absolute Gasteiger partial charge is 0.368 e. The number of pyridine rings is 1. The molecule has 0 saturated carbocycles. The summed E-state index contributed by atoms with van der Waals surface area (Å²) in [4.78, 5) is 25.4. The SMILES string of the molecule is CCC(C)C(Nc1ncc([N+](=O)[O-])cc1Br)C(N)=O. The maximum atomic E-state index is 11.4. The fraction of sp³-hybridized carbons (Fsp3) is 0.455. The highest BCUT2D eigenvalue weighted by molar-refractivity contribution is 9.10. The van der Waals surface area contributed by atoms with Crippen molar-refractivity contribution in [3.05, 3.63) is 26.9 Å². The fourth-order valence-corrected chi connectivity index (χ4v) is 1.96. The normalized spacial score (nSPS) is 13.6. The molecule has 0 fully saturated rings. The predicted molar refractivity (Wildman–Crippen MR) is 74.7 cm³/mol. The van der Waals surface area contributed by atoms with Crippen molar-refractivity contribution in [2.45, 2.75) is 26.3 Å². The highest BCUT2D eigenvalue weighted by Crippen LogP contribution is 2.26. The average Bonchev–Trinajstić information content (AvgIpc) is 2.35. The van der Waals surface area contributed by atoms with Gasteiger partial charge in [0.1, 0.15) is 18.1 Å². The Morgan fingerprint density at radius 3 is 2.74 bits per heavy atom. The van der Waals surface area contributed by atoms with Gasteiger partial charge in [0.15, 0.2) is 0 Å². The number of rotatable bonds is 6. The number of carbonyl (C=O) groups is 1. The number of nitrogens with zero attached hydrogens (tertiary/aromatic N) is 2. The lowest BCUT2D eigenvalue weighted by Gasteiger charge is -2.22. The topological polar surface area (TPSA) is 111 Å². The molecule has 2 atom stereocenters. The molecule has 0 aliphatic heterocycles. The number of primary amides is 1. The van der Waals surface area contributed by atoms with Crippen molar-refractivity contribution < 1.29 is 9.72 Å². The van der Waals surface area contributed by atoms with Crippen molar-refractivity contribution in [2.24, 2.45) is 11.7 Å². The minimum absolute atomic E-state index is 0.0291. The Morgan fingerprint density at radius 1 is 1.68 bits per heavy atom. The van der Waals surface area contributed by atoms with Gasteiger partial charge in [0, 0.05) is 6.07 Å². The molecule has 19 heavy (non-hydrogen) atoms. The summed E-state index contributed by atoms with van der Waals surface area (Å²) in [7, 11) is 0. The highest BCUT2D eigenvalue weighted by atomic mass is 79.9. The molecule has 0 spiro atoms. The summed E-state index contributed by atoms with van der Waals surface area (Å²) in [5.74, 6) is -0.0995. The molecule has 0 bridgehead atoms. The second-order valence-electron chi connectivity index (χ2n) is 4.19. The molecule has 0 radical (unpaired) electrons. The van der Waals surface area contributed by atoms with E-state index in [0.29, 0.717) is 10.3 Å². The van der Waals surface area contributed by atoms with Gasteiger partial charge in [0.05, 0.1) is 9.40 Å². The van der Waals surface area contributed by atoms with Gasteiger partial charge in [-0.25, -0.2) is 4.98 Å². The first-order valence-electron chi connectivity index (χ1n) is 5.72. The van der Waals surface area contributed by atoms with Crippen LogP contribution in [0, 0.1) is 16.0 Å². The van der Waals surface area contributed by atoms with Gasteiger partial charge in [-0.05, 0) is 21.8 Å². The Morgan fingerprint density at radius 2 is 2.32 bits per heavy atom. The van der Waals surface area contributed by atoms with Gasteiger partial charge < -0.3 is 11.1 Å². The monoisotopic (exact) mass is 330 g/mol. The van der Waals surface area contributed by atoms with Crippen LogP contribution in [-0.2, 0) is 4.79 Å². The zero-order valence-corrected chi connectivity index (χ0v) is 12.2. The number of nitrogens with two attached hydrogens (primary N) is 1. The molecule has 0 saturated heterocycles. The molecule has 0 aliphatic rings. The lowest BCUT2D eigenvalue weighted by molar-refractivity contribution is -0.385. The van der Waals surface area contributed by atoms with Crippen molar-refractivity contribution in [1.29, 1.82) is 0 Å². The number of aromatic nitrogens is 1. The Kier molecular flexibility index (Phi) is 5.22. The Labute approximate surface area is 118 Å². The van der Waals surface area contributed by atoms with E-state index >= 15 is 0 Å². The zero-order chi connectivity index (χ0) is 14.6. The van der Waals surface area contributed by atoms with Crippen LogP contribution in [0.25, 0.3) is 0 Å². The van der Waals surface area contributed by atoms with Crippen LogP contribution in [0.15, 0.2) is 16.7 Å². The summed E-state index contributed by atoms with van der Waals surface area (Å²) >= 11 is 3.18. The molecule has 8 heteroatoms. The minimum atomic E-state index is -0.574. The Balaban J connectivity index is 2.97. The van der Waals surface area contributed by atoms with Crippen LogP contribution in [0.3, 0.4) is 0 Å². The van der Waals surface area contributed by atoms with E-state index in [1.807, 2.05) is 13.8 Å². The molecule has 2 unspecified atom stereocenters. The van der Waals surface area contributed by atoms with Gasteiger partial charge in [-0.15, -0.1) is 0 Å². The third-order valence-electron chi connectivity index (χ3n) is 2.85. The first kappa shape index (κ1) is 15.4. The highest BCUT2D eigenvalue weighted by Gasteiger charge is 2.23. The quantitative estimate of drug-likeness (QED) is 0.612. The van der Waals surface area contributed by atoms with E-state index in [1.165, 1.54) is 6.07 Å². The van der Waals surface area contributed by atoms with Crippen molar-refractivity contribution in [1.82, 2.24) is 4.98 Å². The second-order valence-corrected chi connectivity index (χ2v) is 5.05. The van der Waals surface area contributed by atoms with E-state index in [9.17, 15) is 14.9 Å². The molecule has 1 heterocycles. The molecule has 1 aromatic heterocycles. The average molecular weight is 331 g/mol. The lowest BCUT2D eigenvalue weighted by atomic mass is 9.99. The van der Waals surface area contributed by atoms with Crippen LogP contribution in [-0.4, -0.2) is 21.9 Å². The number of nitrogens with one attached hydrogen (secondary N) is 1. The summed E-state index contributed by atoms with van der Waals surface area (Å²) in [6, 6.07) is 0.750. The molecule has 0 aliphatic carbocycles. The zero-order valence-electron chi connectivity index (χ0n) is 10.6. The van der Waals surface area contributed by atoms with Crippen LogP contribution in [0.1, 0.15) is 20.3 Å². The van der Waals surface area contributed by atoms with E-state index in [-0.39, 0.29) is 11.6 Å². The van der Waals surface area contributed by atoms with Gasteiger partial charge in [0.2, 0.25) is 5.91 Å². The molecule has 1 aromatic rings. The van der Waals surface area contributed by atoms with Crippen LogP contribution in [0.2, 0.25) is 0 Å². The third kappa shape index (κ3) is 3.88. The number of anilines is 1. The molecule has 3 N–H and O–H groups in total. The van der Waals surface area contributed by atoms with Crippen LogP contribution < -0.4 is 11.1 Å². The number of hydrogen-bond acceptors (Lipinski definition) is 5. The Bertz CT molecular complexity index is 495. The number of carbonyl (C=O) groups excluding carboxylic acids is 1. The van der Waals surface area contributed by atoms with Crippen molar-refractivity contribution in [3.63, 3.8) is 0 Å². The first-order valence-corrected chi connectivity index (χ1v) is 6.51. The number of amides is 1. The third-order valence-corrected chi connectivity index (χ3v) is 3.45. The molecular formula is C11H15BrN4O3. The number of hydrogen-bond donors (Lipinski definition) is 2. The van der Waals surface area contributed by atoms with Gasteiger partial charge in [-0.3, -0.25) is 14.9 Å². The second kappa shape index (κ2) is 6.46. The van der Waals surface area contributed by atoms with Crippen molar-refractivity contribution in [2.75, 3.05) is 5.32 Å². The lowest BCUT2D eigenvalue weighted by Crippen LogP contribution is -2.40. The summed E-state index contributed by atoms with van der Waals surface area (Å²) < 4.78 is 0.413. The summed E-state index contributed by atoms with van der Waals surface area (Å²) in [5, 5.41) is 13.5. The molecule has 7 nitrogen and oxygen atoms in total. The fourth-order valence-electron chi connectivity index (χ4n) is 1.51. The Hall–Kier alpha value is -1.70. The summed E-state index contributed by atoms with van der Waals surface area (Å²) in [6.07, 6.45) is 1.90. The molecule has 1 rings (SSSR count). The smallest absolute Gasteiger partial charge is 0.288 e. The van der Waals surface area contributed by atoms with Crippen molar-refractivity contribution in [3.8, 4) is 0 Å². The van der Waals surface area contributed by atoms with Gasteiger partial charge in [0.25, 0.3) is 5.69 Å².